The van der Waals surface area contributed by atoms with E-state index in [4.69, 9.17) is 11.6 Å². The van der Waals surface area contributed by atoms with Crippen molar-refractivity contribution in [2.75, 3.05) is 19.6 Å². The van der Waals surface area contributed by atoms with Crippen LogP contribution in [0.3, 0.4) is 0 Å². The molecule has 4 aliphatic rings. The fourth-order valence-corrected chi connectivity index (χ4v) is 8.11. The van der Waals surface area contributed by atoms with E-state index in [1.807, 2.05) is 12.1 Å². The number of aromatic nitrogens is 1. The number of rotatable bonds is 3. The lowest BCUT2D eigenvalue weighted by atomic mass is 9.64. The molecule has 1 spiro atoms. The first-order chi connectivity index (χ1) is 17.6. The summed E-state index contributed by atoms with van der Waals surface area (Å²) in [5.74, 6) is 1.34. The summed E-state index contributed by atoms with van der Waals surface area (Å²) in [7, 11) is 0. The SMILES string of the molecule is O=C(C1CNC[C@]12CCC(O)c1[nH+]c(Cl)ccc12)N1CC[C@@H](c2ccccc2)C[C@H]1C1CCCCC1. The van der Waals surface area contributed by atoms with Crippen molar-refractivity contribution in [3.63, 3.8) is 0 Å². The molecule has 2 saturated heterocycles. The highest BCUT2D eigenvalue weighted by Crippen LogP contribution is 2.49. The number of aromatic amines is 1. The summed E-state index contributed by atoms with van der Waals surface area (Å²) in [5, 5.41) is 14.9. The molecule has 3 N–H and O–H groups in total. The molecule has 1 amide bonds. The van der Waals surface area contributed by atoms with E-state index in [0.717, 1.165) is 43.6 Å². The van der Waals surface area contributed by atoms with Gasteiger partial charge in [0.1, 0.15) is 6.10 Å². The lowest BCUT2D eigenvalue weighted by Crippen LogP contribution is -2.55. The Hall–Kier alpha value is -1.95. The van der Waals surface area contributed by atoms with Crippen LogP contribution in [0.15, 0.2) is 42.5 Å². The number of likely N-dealkylation sites (tertiary alicyclic amines) is 1. The summed E-state index contributed by atoms with van der Waals surface area (Å²) < 4.78 is 0. The van der Waals surface area contributed by atoms with E-state index < -0.39 is 6.10 Å². The van der Waals surface area contributed by atoms with Gasteiger partial charge in [-0.1, -0.05) is 49.6 Å². The van der Waals surface area contributed by atoms with E-state index in [9.17, 15) is 9.90 Å². The van der Waals surface area contributed by atoms with Crippen molar-refractivity contribution in [3.05, 3.63) is 64.4 Å². The van der Waals surface area contributed by atoms with Gasteiger partial charge in [0.05, 0.1) is 5.92 Å². The Balaban J connectivity index is 1.31. The quantitative estimate of drug-likeness (QED) is 0.585. The number of benzene rings is 1. The first-order valence-electron chi connectivity index (χ1n) is 14.0. The number of piperidine rings is 1. The van der Waals surface area contributed by atoms with Crippen molar-refractivity contribution in [1.82, 2.24) is 10.2 Å². The molecule has 5 nitrogen and oxygen atoms in total. The fourth-order valence-electron chi connectivity index (χ4n) is 7.95. The number of fused-ring (bicyclic) bond motifs is 2. The number of hydrogen-bond acceptors (Lipinski definition) is 3. The van der Waals surface area contributed by atoms with Gasteiger partial charge in [-0.15, -0.1) is 0 Å². The number of amides is 1. The summed E-state index contributed by atoms with van der Waals surface area (Å²) >= 11 is 6.27. The second kappa shape index (κ2) is 10.1. The third-order valence-electron chi connectivity index (χ3n) is 9.82. The van der Waals surface area contributed by atoms with Crippen molar-refractivity contribution in [1.29, 1.82) is 0 Å². The average Bonchev–Trinajstić information content (AvgIpc) is 3.35. The van der Waals surface area contributed by atoms with Crippen LogP contribution in [0.2, 0.25) is 5.15 Å². The van der Waals surface area contributed by atoms with E-state index in [0.29, 0.717) is 41.9 Å². The fraction of sp³-hybridized carbons (Fsp3) is 0.600. The highest BCUT2D eigenvalue weighted by Gasteiger charge is 2.55. The summed E-state index contributed by atoms with van der Waals surface area (Å²) in [4.78, 5) is 20.0. The molecular weight excluding hydrogens is 470 g/mol. The van der Waals surface area contributed by atoms with Gasteiger partial charge in [-0.2, -0.15) is 4.98 Å². The predicted octanol–water partition coefficient (Wildman–Crippen LogP) is 4.79. The highest BCUT2D eigenvalue weighted by molar-refractivity contribution is 6.28. The number of nitrogens with one attached hydrogen (secondary N) is 2. The van der Waals surface area contributed by atoms with Crippen molar-refractivity contribution < 1.29 is 14.9 Å². The Labute approximate surface area is 219 Å². The van der Waals surface area contributed by atoms with Crippen LogP contribution in [-0.2, 0) is 10.2 Å². The molecule has 36 heavy (non-hydrogen) atoms. The van der Waals surface area contributed by atoms with Gasteiger partial charge in [0.25, 0.3) is 5.15 Å². The number of nitrogens with zero attached hydrogens (tertiary/aromatic N) is 1. The Kier molecular flexibility index (Phi) is 6.83. The van der Waals surface area contributed by atoms with E-state index in [2.05, 4.69) is 45.5 Å². The zero-order valence-corrected chi connectivity index (χ0v) is 21.9. The smallest absolute Gasteiger partial charge is 0.273 e. The molecule has 5 atom stereocenters. The monoisotopic (exact) mass is 508 g/mol. The van der Waals surface area contributed by atoms with Crippen LogP contribution < -0.4 is 10.3 Å². The normalized spacial score (nSPS) is 33.0. The zero-order chi connectivity index (χ0) is 24.7. The molecule has 3 heterocycles. The molecule has 1 aromatic heterocycles. The van der Waals surface area contributed by atoms with Crippen molar-refractivity contribution in [2.24, 2.45) is 11.8 Å². The van der Waals surface area contributed by atoms with Gasteiger partial charge in [0.15, 0.2) is 0 Å². The van der Waals surface area contributed by atoms with Gasteiger partial charge in [0.2, 0.25) is 11.6 Å². The maximum Gasteiger partial charge on any atom is 0.273 e. The van der Waals surface area contributed by atoms with Gasteiger partial charge < -0.3 is 15.3 Å². The standard InChI is InChI=1S/C30H38ClN3O2/c31-27-12-11-23-28(33-27)26(35)13-15-30(23)19-32-18-24(30)29(36)34-16-14-22(20-7-3-1-4-8-20)17-25(34)21-9-5-2-6-10-21/h1,3-4,7-8,11-12,21-22,24-26,32,35H,2,5-6,9-10,13-19H2/p+1/t22-,24?,25+,26?,30+/m1/s1. The summed E-state index contributed by atoms with van der Waals surface area (Å²) in [5.41, 5.74) is 3.00. The van der Waals surface area contributed by atoms with Gasteiger partial charge in [0, 0.05) is 42.7 Å². The first kappa shape index (κ1) is 24.4. The molecule has 2 unspecified atom stereocenters. The molecule has 0 bridgehead atoms. The van der Waals surface area contributed by atoms with Gasteiger partial charge in [-0.3, -0.25) is 4.79 Å². The molecule has 192 valence electrons. The maximum absolute atomic E-state index is 14.5. The number of pyridine rings is 1. The van der Waals surface area contributed by atoms with Crippen molar-refractivity contribution in [3.8, 4) is 0 Å². The highest BCUT2D eigenvalue weighted by atomic mass is 35.5. The largest absolute Gasteiger partial charge is 0.382 e. The molecule has 6 heteroatoms. The third kappa shape index (κ3) is 4.27. The summed E-state index contributed by atoms with van der Waals surface area (Å²) in [6, 6.07) is 15.2. The third-order valence-corrected chi connectivity index (χ3v) is 10.0. The number of hydrogen-bond donors (Lipinski definition) is 2. The maximum atomic E-state index is 14.5. The lowest BCUT2D eigenvalue weighted by molar-refractivity contribution is -0.400. The lowest BCUT2D eigenvalue weighted by Gasteiger charge is -2.47. The minimum Gasteiger partial charge on any atom is -0.382 e. The topological polar surface area (TPSA) is 66.7 Å². The Morgan fingerprint density at radius 3 is 2.67 bits per heavy atom. The van der Waals surface area contributed by atoms with E-state index in [1.54, 1.807) is 0 Å². The molecule has 2 aliphatic heterocycles. The summed E-state index contributed by atoms with van der Waals surface area (Å²) in [6.07, 6.45) is 9.40. The molecular formula is C30H39ClN3O2+. The van der Waals surface area contributed by atoms with Gasteiger partial charge in [-0.05, 0) is 73.6 Å². The van der Waals surface area contributed by atoms with Crippen molar-refractivity contribution >= 4 is 17.5 Å². The second-order valence-electron chi connectivity index (χ2n) is 11.7. The van der Waals surface area contributed by atoms with Crippen LogP contribution in [0, 0.1) is 11.8 Å². The molecule has 6 rings (SSSR count). The van der Waals surface area contributed by atoms with Crippen LogP contribution in [0.4, 0.5) is 0 Å². The minimum absolute atomic E-state index is 0.113. The molecule has 1 aromatic carbocycles. The van der Waals surface area contributed by atoms with Crippen LogP contribution in [0.25, 0.3) is 0 Å². The van der Waals surface area contributed by atoms with E-state index >= 15 is 0 Å². The number of aliphatic hydroxyl groups is 1. The number of carbonyl (C=O) groups excluding carboxylic acids is 1. The van der Waals surface area contributed by atoms with Crippen LogP contribution in [-0.4, -0.2) is 41.6 Å². The minimum atomic E-state index is -0.558. The molecule has 1 saturated carbocycles. The summed E-state index contributed by atoms with van der Waals surface area (Å²) in [6.45, 7) is 2.31. The van der Waals surface area contributed by atoms with Crippen LogP contribution in [0.1, 0.15) is 86.6 Å². The Bertz CT molecular complexity index is 1090. The number of halogens is 1. The van der Waals surface area contributed by atoms with Gasteiger partial charge >= 0.3 is 0 Å². The second-order valence-corrected chi connectivity index (χ2v) is 12.1. The van der Waals surface area contributed by atoms with E-state index in [-0.39, 0.29) is 11.3 Å². The van der Waals surface area contributed by atoms with Gasteiger partial charge in [-0.25, -0.2) is 0 Å². The molecule has 2 aromatic rings. The van der Waals surface area contributed by atoms with Crippen molar-refractivity contribution in [2.45, 2.75) is 81.3 Å². The zero-order valence-electron chi connectivity index (χ0n) is 21.1. The number of aliphatic hydroxyl groups excluding tert-OH is 1. The molecule has 3 fully saturated rings. The van der Waals surface area contributed by atoms with Crippen LogP contribution >= 0.6 is 11.6 Å². The number of H-pyrrole nitrogens is 1. The average molecular weight is 509 g/mol. The first-order valence-corrected chi connectivity index (χ1v) is 14.4. The van der Waals surface area contributed by atoms with E-state index in [1.165, 1.54) is 37.7 Å². The number of carbonyl (C=O) groups is 1. The van der Waals surface area contributed by atoms with Crippen LogP contribution in [0.5, 0.6) is 0 Å². The predicted molar refractivity (Wildman–Crippen MR) is 141 cm³/mol. The molecule has 2 aliphatic carbocycles. The Morgan fingerprint density at radius 1 is 1.06 bits per heavy atom. The molecule has 0 radical (unpaired) electrons. The Morgan fingerprint density at radius 2 is 1.86 bits per heavy atom.